The van der Waals surface area contributed by atoms with E-state index < -0.39 is 16.1 Å². The molecule has 1 atom stereocenters. The van der Waals surface area contributed by atoms with Gasteiger partial charge >= 0.3 is 0 Å². The first-order valence-electron chi connectivity index (χ1n) is 9.49. The van der Waals surface area contributed by atoms with Crippen LogP contribution in [0.4, 0.5) is 5.69 Å². The van der Waals surface area contributed by atoms with Gasteiger partial charge in [0.1, 0.15) is 5.75 Å². The second-order valence-corrected chi connectivity index (χ2v) is 8.76. The van der Waals surface area contributed by atoms with E-state index in [4.69, 9.17) is 9.47 Å². The van der Waals surface area contributed by atoms with Crippen LogP contribution in [0.2, 0.25) is 0 Å². The number of anilines is 1. The summed E-state index contributed by atoms with van der Waals surface area (Å²) in [6.45, 7) is 7.73. The molecule has 7 nitrogen and oxygen atoms in total. The molecular formula is C21H26N2O5S. The fraction of sp³-hybridized carbons (Fsp3) is 0.381. The highest BCUT2D eigenvalue weighted by Crippen LogP contribution is 2.22. The van der Waals surface area contributed by atoms with Gasteiger partial charge in [0.05, 0.1) is 18.1 Å². The third kappa shape index (κ3) is 5.27. The zero-order valence-corrected chi connectivity index (χ0v) is 17.7. The Balaban J connectivity index is 1.65. The van der Waals surface area contributed by atoms with Crippen LogP contribution in [0.3, 0.4) is 0 Å². The summed E-state index contributed by atoms with van der Waals surface area (Å²) < 4.78 is 38.8. The highest BCUT2D eigenvalue weighted by Gasteiger charge is 2.24. The molecule has 2 aromatic rings. The topological polar surface area (TPSA) is 84.9 Å². The van der Waals surface area contributed by atoms with Crippen molar-refractivity contribution in [3.63, 3.8) is 0 Å². The molecule has 1 N–H and O–H groups in total. The molecule has 29 heavy (non-hydrogen) atoms. The van der Waals surface area contributed by atoms with Crippen LogP contribution in [0.1, 0.15) is 18.1 Å². The molecule has 0 saturated carbocycles. The Hall–Kier alpha value is -2.58. The van der Waals surface area contributed by atoms with E-state index in [9.17, 15) is 13.2 Å². The summed E-state index contributed by atoms with van der Waals surface area (Å²) in [6.07, 6.45) is -0.663. The molecule has 0 unspecified atom stereocenters. The van der Waals surface area contributed by atoms with Crippen LogP contribution < -0.4 is 9.46 Å². The van der Waals surface area contributed by atoms with E-state index in [1.807, 2.05) is 19.9 Å². The number of ether oxygens (including phenoxy) is 2. The van der Waals surface area contributed by atoms with Crippen molar-refractivity contribution in [1.82, 2.24) is 4.90 Å². The van der Waals surface area contributed by atoms with Crippen LogP contribution in [0.15, 0.2) is 47.4 Å². The van der Waals surface area contributed by atoms with Gasteiger partial charge in [-0.05, 0) is 68.3 Å². The first-order chi connectivity index (χ1) is 13.8. The number of hydrogen-bond acceptors (Lipinski definition) is 5. The van der Waals surface area contributed by atoms with E-state index in [0.717, 1.165) is 11.1 Å². The minimum absolute atomic E-state index is 0.110. The number of carbonyl (C=O) groups is 1. The number of aryl methyl sites for hydroxylation is 2. The summed E-state index contributed by atoms with van der Waals surface area (Å²) in [6, 6.07) is 11.4. The van der Waals surface area contributed by atoms with Crippen molar-refractivity contribution >= 4 is 21.6 Å². The number of morpholine rings is 1. The van der Waals surface area contributed by atoms with Crippen molar-refractivity contribution in [2.45, 2.75) is 31.8 Å². The van der Waals surface area contributed by atoms with Gasteiger partial charge in [-0.1, -0.05) is 6.07 Å². The van der Waals surface area contributed by atoms with Crippen molar-refractivity contribution in [3.05, 3.63) is 53.6 Å². The van der Waals surface area contributed by atoms with E-state index in [1.165, 1.54) is 12.1 Å². The Morgan fingerprint density at radius 2 is 1.72 bits per heavy atom. The number of carbonyl (C=O) groups excluding carboxylic acids is 1. The molecular weight excluding hydrogens is 392 g/mol. The van der Waals surface area contributed by atoms with Gasteiger partial charge in [-0.2, -0.15) is 0 Å². The summed E-state index contributed by atoms with van der Waals surface area (Å²) in [5, 5.41) is 0. The number of nitrogens with one attached hydrogen (secondary N) is 1. The van der Waals surface area contributed by atoms with E-state index in [1.54, 1.807) is 36.1 Å². The highest BCUT2D eigenvalue weighted by molar-refractivity contribution is 7.92. The molecule has 0 aliphatic carbocycles. The van der Waals surface area contributed by atoms with Crippen molar-refractivity contribution in [2.24, 2.45) is 0 Å². The summed E-state index contributed by atoms with van der Waals surface area (Å²) >= 11 is 0. The van der Waals surface area contributed by atoms with Gasteiger partial charge in [-0.15, -0.1) is 0 Å². The lowest BCUT2D eigenvalue weighted by molar-refractivity contribution is -0.142. The van der Waals surface area contributed by atoms with E-state index >= 15 is 0 Å². The average molecular weight is 419 g/mol. The maximum absolute atomic E-state index is 12.6. The molecule has 0 bridgehead atoms. The zero-order chi connectivity index (χ0) is 21.0. The number of nitrogens with zero attached hydrogens (tertiary/aromatic N) is 1. The average Bonchev–Trinajstić information content (AvgIpc) is 2.71. The van der Waals surface area contributed by atoms with Crippen LogP contribution in [-0.2, 0) is 19.6 Å². The lowest BCUT2D eigenvalue weighted by Gasteiger charge is -2.29. The maximum atomic E-state index is 12.6. The Morgan fingerprint density at radius 3 is 2.34 bits per heavy atom. The number of benzene rings is 2. The largest absolute Gasteiger partial charge is 0.481 e. The third-order valence-electron chi connectivity index (χ3n) is 4.88. The lowest BCUT2D eigenvalue weighted by Crippen LogP contribution is -2.46. The van der Waals surface area contributed by atoms with E-state index in [2.05, 4.69) is 4.72 Å². The molecule has 0 aromatic heterocycles. The quantitative estimate of drug-likeness (QED) is 0.780. The Kier molecular flexibility index (Phi) is 6.44. The van der Waals surface area contributed by atoms with Gasteiger partial charge in [0.2, 0.25) is 0 Å². The molecule has 1 saturated heterocycles. The van der Waals surface area contributed by atoms with Crippen molar-refractivity contribution < 1.29 is 22.7 Å². The smallest absolute Gasteiger partial charge is 0.263 e. The minimum Gasteiger partial charge on any atom is -0.481 e. The predicted octanol–water partition coefficient (Wildman–Crippen LogP) is 2.73. The number of amides is 1. The number of hydrogen-bond donors (Lipinski definition) is 1. The molecule has 1 heterocycles. The van der Waals surface area contributed by atoms with Crippen LogP contribution in [0, 0.1) is 13.8 Å². The predicted molar refractivity (Wildman–Crippen MR) is 111 cm³/mol. The first kappa shape index (κ1) is 21.1. The molecule has 3 rings (SSSR count). The molecule has 1 fully saturated rings. The van der Waals surface area contributed by atoms with Gasteiger partial charge in [0, 0.05) is 18.8 Å². The second-order valence-electron chi connectivity index (χ2n) is 7.07. The summed E-state index contributed by atoms with van der Waals surface area (Å²) in [7, 11) is -3.72. The van der Waals surface area contributed by atoms with Crippen LogP contribution in [0.5, 0.6) is 5.75 Å². The maximum Gasteiger partial charge on any atom is 0.263 e. The molecule has 8 heteroatoms. The van der Waals surface area contributed by atoms with Crippen LogP contribution >= 0.6 is 0 Å². The third-order valence-corrected chi connectivity index (χ3v) is 6.27. The van der Waals surface area contributed by atoms with Crippen LogP contribution in [-0.4, -0.2) is 51.6 Å². The SMILES string of the molecule is Cc1ccc(NS(=O)(=O)c2ccc(O[C@H](C)C(=O)N3CCOCC3)cc2)cc1C. The first-order valence-corrected chi connectivity index (χ1v) is 11.0. The summed E-state index contributed by atoms with van der Waals surface area (Å²) in [5.74, 6) is 0.325. The van der Waals surface area contributed by atoms with Crippen molar-refractivity contribution in [1.29, 1.82) is 0 Å². The summed E-state index contributed by atoms with van der Waals surface area (Å²) in [5.41, 5.74) is 2.61. The Bertz CT molecular complexity index is 967. The standard InChI is InChI=1S/C21H26N2O5S/c1-15-4-5-18(14-16(15)2)22-29(25,26)20-8-6-19(7-9-20)28-17(3)21(24)23-10-12-27-13-11-23/h4-9,14,17,22H,10-13H2,1-3H3/t17-/m1/s1. The Morgan fingerprint density at radius 1 is 1.07 bits per heavy atom. The molecule has 0 spiro atoms. The molecule has 0 radical (unpaired) electrons. The van der Waals surface area contributed by atoms with Gasteiger partial charge in [-0.25, -0.2) is 8.42 Å². The van der Waals surface area contributed by atoms with Gasteiger partial charge in [0.15, 0.2) is 6.10 Å². The Labute approximate surface area is 171 Å². The van der Waals surface area contributed by atoms with Gasteiger partial charge < -0.3 is 14.4 Å². The van der Waals surface area contributed by atoms with Crippen molar-refractivity contribution in [2.75, 3.05) is 31.0 Å². The summed E-state index contributed by atoms with van der Waals surface area (Å²) in [4.78, 5) is 14.3. The molecule has 2 aromatic carbocycles. The molecule has 1 aliphatic rings. The van der Waals surface area contributed by atoms with Gasteiger partial charge in [-0.3, -0.25) is 9.52 Å². The zero-order valence-electron chi connectivity index (χ0n) is 16.8. The van der Waals surface area contributed by atoms with Crippen molar-refractivity contribution in [3.8, 4) is 5.75 Å². The van der Waals surface area contributed by atoms with E-state index in [-0.39, 0.29) is 10.8 Å². The monoisotopic (exact) mass is 418 g/mol. The van der Waals surface area contributed by atoms with Gasteiger partial charge in [0.25, 0.3) is 15.9 Å². The minimum atomic E-state index is -3.72. The van der Waals surface area contributed by atoms with E-state index in [0.29, 0.717) is 37.7 Å². The number of sulfonamides is 1. The molecule has 1 aliphatic heterocycles. The fourth-order valence-electron chi connectivity index (χ4n) is 3.01. The fourth-order valence-corrected chi connectivity index (χ4v) is 4.06. The highest BCUT2D eigenvalue weighted by atomic mass is 32.2. The lowest BCUT2D eigenvalue weighted by atomic mass is 10.1. The molecule has 156 valence electrons. The number of rotatable bonds is 6. The molecule has 1 amide bonds. The second kappa shape index (κ2) is 8.84. The normalized spacial score (nSPS) is 15.6. The van der Waals surface area contributed by atoms with Crippen LogP contribution in [0.25, 0.3) is 0 Å².